The number of rotatable bonds is 3. The van der Waals surface area contributed by atoms with Crippen LogP contribution >= 0.6 is 0 Å². The van der Waals surface area contributed by atoms with E-state index in [0.717, 1.165) is 17.5 Å². The van der Waals surface area contributed by atoms with Gasteiger partial charge in [0.15, 0.2) is 0 Å². The number of methoxy groups -OCH3 is 1. The van der Waals surface area contributed by atoms with Crippen LogP contribution in [-0.4, -0.2) is 16.8 Å². The van der Waals surface area contributed by atoms with Crippen molar-refractivity contribution in [3.8, 4) is 16.9 Å². The van der Waals surface area contributed by atoms with Crippen molar-refractivity contribution in [3.05, 3.63) is 58.4 Å². The molecule has 0 atom stereocenters. The zero-order valence-electron chi connectivity index (χ0n) is 13.1. The van der Waals surface area contributed by atoms with Crippen LogP contribution in [0.4, 0.5) is 4.39 Å². The maximum Gasteiger partial charge on any atom is 0.279 e. The van der Waals surface area contributed by atoms with E-state index in [9.17, 15) is 9.18 Å². The number of halogens is 1. The zero-order valence-corrected chi connectivity index (χ0v) is 13.1. The third-order valence-corrected chi connectivity index (χ3v) is 4.36. The molecule has 1 aliphatic carbocycles. The van der Waals surface area contributed by atoms with Crippen LogP contribution in [0.5, 0.6) is 5.75 Å². The molecule has 0 bridgehead atoms. The van der Waals surface area contributed by atoms with Crippen LogP contribution in [-0.2, 0) is 0 Å². The van der Waals surface area contributed by atoms with Crippen molar-refractivity contribution in [1.82, 2.24) is 9.66 Å². The van der Waals surface area contributed by atoms with Crippen LogP contribution in [0.1, 0.15) is 24.6 Å². The van der Waals surface area contributed by atoms with E-state index in [2.05, 4.69) is 4.98 Å². The minimum absolute atomic E-state index is 0.269. The van der Waals surface area contributed by atoms with Crippen molar-refractivity contribution in [2.45, 2.75) is 18.8 Å². The van der Waals surface area contributed by atoms with Gasteiger partial charge in [-0.15, -0.1) is 0 Å². The largest absolute Gasteiger partial charge is 0.497 e. The van der Waals surface area contributed by atoms with Gasteiger partial charge in [-0.1, -0.05) is 6.07 Å². The van der Waals surface area contributed by atoms with Crippen LogP contribution in [0.2, 0.25) is 0 Å². The first-order chi connectivity index (χ1) is 11.6. The van der Waals surface area contributed by atoms with E-state index in [1.807, 2.05) is 0 Å². The number of nitrogens with two attached hydrogens (primary N) is 1. The second kappa shape index (κ2) is 5.33. The second-order valence-corrected chi connectivity index (χ2v) is 6.00. The predicted molar refractivity (Wildman–Crippen MR) is 90.1 cm³/mol. The fraction of sp³-hybridized carbons (Fsp3) is 0.222. The Labute approximate surface area is 137 Å². The number of fused-ring (bicyclic) bond motifs is 1. The molecule has 1 aromatic heterocycles. The molecule has 6 heteroatoms. The van der Waals surface area contributed by atoms with Crippen molar-refractivity contribution in [2.75, 3.05) is 13.0 Å². The van der Waals surface area contributed by atoms with Crippen molar-refractivity contribution >= 4 is 10.9 Å². The van der Waals surface area contributed by atoms with Gasteiger partial charge in [0.1, 0.15) is 17.4 Å². The van der Waals surface area contributed by atoms with E-state index in [0.29, 0.717) is 33.6 Å². The predicted octanol–water partition coefficient (Wildman–Crippen LogP) is 2.80. The van der Waals surface area contributed by atoms with Gasteiger partial charge in [-0.05, 0) is 42.7 Å². The highest BCUT2D eigenvalue weighted by atomic mass is 19.1. The number of ether oxygens (including phenoxy) is 1. The standard InChI is InChI=1S/C18H16FN3O2/c1-24-12-5-6-13(15(19)9-12)11-4-7-16-14(8-11)18(23)22(20)17(21-16)10-2-3-10/h4-10H,2-3,20H2,1H3. The monoisotopic (exact) mass is 325 g/mol. The van der Waals surface area contributed by atoms with Crippen molar-refractivity contribution in [1.29, 1.82) is 0 Å². The van der Waals surface area contributed by atoms with E-state index in [1.165, 1.54) is 13.2 Å². The first-order valence-electron chi connectivity index (χ1n) is 7.74. The Kier molecular flexibility index (Phi) is 3.26. The lowest BCUT2D eigenvalue weighted by Gasteiger charge is -2.10. The highest BCUT2D eigenvalue weighted by Gasteiger charge is 2.29. The highest BCUT2D eigenvalue weighted by molar-refractivity contribution is 5.84. The molecule has 0 amide bonds. The molecule has 0 saturated heterocycles. The van der Waals surface area contributed by atoms with Gasteiger partial charge in [0.25, 0.3) is 5.56 Å². The molecule has 1 fully saturated rings. The lowest BCUT2D eigenvalue weighted by molar-refractivity contribution is 0.411. The number of benzene rings is 2. The highest BCUT2D eigenvalue weighted by Crippen LogP contribution is 2.38. The van der Waals surface area contributed by atoms with E-state index in [1.54, 1.807) is 30.3 Å². The fourth-order valence-corrected chi connectivity index (χ4v) is 2.87. The molecular weight excluding hydrogens is 309 g/mol. The Bertz CT molecular complexity index is 1010. The first-order valence-corrected chi connectivity index (χ1v) is 7.74. The lowest BCUT2D eigenvalue weighted by atomic mass is 10.0. The maximum atomic E-state index is 14.3. The van der Waals surface area contributed by atoms with Gasteiger partial charge in [-0.25, -0.2) is 14.1 Å². The molecule has 3 aromatic rings. The molecule has 2 N–H and O–H groups in total. The topological polar surface area (TPSA) is 70.1 Å². The smallest absolute Gasteiger partial charge is 0.279 e. The van der Waals surface area contributed by atoms with Gasteiger partial charge in [0, 0.05) is 17.5 Å². The van der Waals surface area contributed by atoms with Crippen LogP contribution < -0.4 is 16.1 Å². The average molecular weight is 325 g/mol. The average Bonchev–Trinajstić information content (AvgIpc) is 3.42. The number of hydrogen-bond donors (Lipinski definition) is 1. The molecular formula is C18H16FN3O2. The minimum atomic E-state index is -0.413. The van der Waals surface area contributed by atoms with E-state index >= 15 is 0 Å². The second-order valence-electron chi connectivity index (χ2n) is 6.00. The molecule has 1 saturated carbocycles. The number of hydrogen-bond acceptors (Lipinski definition) is 4. The molecule has 0 radical (unpaired) electrons. The summed E-state index contributed by atoms with van der Waals surface area (Å²) in [6.07, 6.45) is 2.01. The Hall–Kier alpha value is -2.89. The zero-order chi connectivity index (χ0) is 16.8. The molecule has 2 aromatic carbocycles. The first kappa shape index (κ1) is 14.7. The molecule has 4 rings (SSSR count). The van der Waals surface area contributed by atoms with E-state index in [-0.39, 0.29) is 11.5 Å². The van der Waals surface area contributed by atoms with Gasteiger partial charge in [0.2, 0.25) is 0 Å². The summed E-state index contributed by atoms with van der Waals surface area (Å²) in [7, 11) is 1.48. The van der Waals surface area contributed by atoms with Crippen LogP contribution in [0.3, 0.4) is 0 Å². The summed E-state index contributed by atoms with van der Waals surface area (Å²) >= 11 is 0. The number of aromatic nitrogens is 2. The third-order valence-electron chi connectivity index (χ3n) is 4.36. The van der Waals surface area contributed by atoms with Crippen LogP contribution in [0.15, 0.2) is 41.2 Å². The van der Waals surface area contributed by atoms with Gasteiger partial charge in [0.05, 0.1) is 18.0 Å². The molecule has 24 heavy (non-hydrogen) atoms. The van der Waals surface area contributed by atoms with Gasteiger partial charge >= 0.3 is 0 Å². The minimum Gasteiger partial charge on any atom is -0.497 e. The van der Waals surface area contributed by atoms with E-state index < -0.39 is 5.82 Å². The molecule has 1 heterocycles. The number of nitrogen functional groups attached to an aromatic ring is 1. The Balaban J connectivity index is 1.88. The summed E-state index contributed by atoms with van der Waals surface area (Å²) in [5.74, 6) is 6.82. The van der Waals surface area contributed by atoms with Crippen LogP contribution in [0.25, 0.3) is 22.0 Å². The molecule has 0 aliphatic heterocycles. The summed E-state index contributed by atoms with van der Waals surface area (Å²) in [4.78, 5) is 17.0. The fourth-order valence-electron chi connectivity index (χ4n) is 2.87. The van der Waals surface area contributed by atoms with Crippen LogP contribution in [0, 0.1) is 5.82 Å². The van der Waals surface area contributed by atoms with Gasteiger partial charge in [-0.3, -0.25) is 4.79 Å². The molecule has 0 spiro atoms. The molecule has 5 nitrogen and oxygen atoms in total. The lowest BCUT2D eigenvalue weighted by Crippen LogP contribution is -2.31. The summed E-state index contributed by atoms with van der Waals surface area (Å²) in [5.41, 5.74) is 1.27. The maximum absolute atomic E-state index is 14.3. The summed E-state index contributed by atoms with van der Waals surface area (Å²) < 4.78 is 20.4. The molecule has 122 valence electrons. The Morgan fingerprint density at radius 3 is 2.71 bits per heavy atom. The molecule has 0 unspecified atom stereocenters. The normalized spacial score (nSPS) is 14.1. The summed E-state index contributed by atoms with van der Waals surface area (Å²) in [5, 5.41) is 0.384. The van der Waals surface area contributed by atoms with Crippen molar-refractivity contribution < 1.29 is 9.13 Å². The number of nitrogens with zero attached hydrogens (tertiary/aromatic N) is 2. The quantitative estimate of drug-likeness (QED) is 0.752. The SMILES string of the molecule is COc1ccc(-c2ccc3nc(C4CC4)n(N)c(=O)c3c2)c(F)c1. The van der Waals surface area contributed by atoms with Crippen molar-refractivity contribution in [3.63, 3.8) is 0 Å². The Morgan fingerprint density at radius 2 is 2.04 bits per heavy atom. The van der Waals surface area contributed by atoms with Gasteiger partial charge in [-0.2, -0.15) is 0 Å². The van der Waals surface area contributed by atoms with E-state index in [4.69, 9.17) is 10.6 Å². The Morgan fingerprint density at radius 1 is 1.25 bits per heavy atom. The summed E-state index contributed by atoms with van der Waals surface area (Å²) in [6, 6.07) is 9.75. The molecule has 1 aliphatic rings. The summed E-state index contributed by atoms with van der Waals surface area (Å²) in [6.45, 7) is 0. The third kappa shape index (κ3) is 2.31. The van der Waals surface area contributed by atoms with Gasteiger partial charge < -0.3 is 10.6 Å². The van der Waals surface area contributed by atoms with Crippen molar-refractivity contribution in [2.24, 2.45) is 0 Å².